The molecule has 0 fully saturated rings. The van der Waals surface area contributed by atoms with Crippen LogP contribution in [-0.2, 0) is 38.1 Å². The molecular formula is C16H24O8. The Bertz CT molecular complexity index is 470. The molecule has 0 bridgehead atoms. The molecule has 0 spiro atoms. The summed E-state index contributed by atoms with van der Waals surface area (Å²) in [6, 6.07) is 0. The van der Waals surface area contributed by atoms with Crippen molar-refractivity contribution in [1.82, 2.24) is 0 Å². The second-order valence-corrected chi connectivity index (χ2v) is 3.54. The lowest BCUT2D eigenvalue weighted by atomic mass is 10.5. The molecule has 1 aliphatic heterocycles. The zero-order chi connectivity index (χ0) is 19.2. The van der Waals surface area contributed by atoms with Crippen molar-refractivity contribution in [3.63, 3.8) is 0 Å². The smallest absolute Gasteiger partial charge is 0.421 e. The van der Waals surface area contributed by atoms with Gasteiger partial charge in [0.1, 0.15) is 0 Å². The summed E-state index contributed by atoms with van der Waals surface area (Å²) in [5, 5.41) is 0. The Labute approximate surface area is 141 Å². The maximum atomic E-state index is 11.4. The molecule has 0 N–H and O–H groups in total. The van der Waals surface area contributed by atoms with Crippen molar-refractivity contribution in [2.45, 2.75) is 47.5 Å². The molecule has 0 aromatic rings. The molecule has 0 aromatic carbocycles. The lowest BCUT2D eigenvalue weighted by Crippen LogP contribution is -2.39. The number of carbonyl (C=O) groups is 4. The molecule has 0 atom stereocenters. The van der Waals surface area contributed by atoms with Gasteiger partial charge in [-0.3, -0.25) is 0 Å². The summed E-state index contributed by atoms with van der Waals surface area (Å²) in [5.41, 5.74) is 0. The average molecular weight is 344 g/mol. The molecule has 1 rings (SSSR count). The molecule has 0 aromatic heterocycles. The number of esters is 4. The van der Waals surface area contributed by atoms with Gasteiger partial charge < -0.3 is 18.9 Å². The Balaban J connectivity index is 0. The highest BCUT2D eigenvalue weighted by Crippen LogP contribution is 2.18. The van der Waals surface area contributed by atoms with Crippen molar-refractivity contribution >= 4 is 23.9 Å². The molecule has 8 heteroatoms. The third-order valence-electron chi connectivity index (χ3n) is 1.86. The normalized spacial score (nSPS) is 14.8. The molecular weight excluding hydrogens is 320 g/mol. The minimum Gasteiger partial charge on any atom is -0.463 e. The predicted molar refractivity (Wildman–Crippen MR) is 84.3 cm³/mol. The topological polar surface area (TPSA) is 105 Å². The van der Waals surface area contributed by atoms with Crippen LogP contribution in [0.4, 0.5) is 0 Å². The number of hydrogen-bond donors (Lipinski definition) is 0. The molecule has 1 heterocycles. The minimum absolute atomic E-state index is 0.150. The van der Waals surface area contributed by atoms with Crippen molar-refractivity contribution in [2.24, 2.45) is 0 Å². The van der Waals surface area contributed by atoms with Gasteiger partial charge >= 0.3 is 29.9 Å². The van der Waals surface area contributed by atoms with E-state index in [-0.39, 0.29) is 6.61 Å². The van der Waals surface area contributed by atoms with E-state index in [1.807, 2.05) is 27.7 Å². The fraction of sp³-hybridized carbons (Fsp3) is 0.500. The van der Waals surface area contributed by atoms with Gasteiger partial charge in [0.05, 0.1) is 13.5 Å². The second-order valence-electron chi connectivity index (χ2n) is 3.54. The van der Waals surface area contributed by atoms with Crippen LogP contribution in [0.5, 0.6) is 0 Å². The molecule has 0 amide bonds. The third-order valence-corrected chi connectivity index (χ3v) is 1.86. The summed E-state index contributed by atoms with van der Waals surface area (Å²) in [7, 11) is 0. The minimum atomic E-state index is -2.20. The highest BCUT2D eigenvalue weighted by molar-refractivity contribution is 5.94. The average Bonchev–Trinajstić information content (AvgIpc) is 2.67. The van der Waals surface area contributed by atoms with E-state index < -0.39 is 29.9 Å². The van der Waals surface area contributed by atoms with E-state index >= 15 is 0 Å². The number of rotatable bonds is 4. The third kappa shape index (κ3) is 10.1. The van der Waals surface area contributed by atoms with E-state index in [0.717, 1.165) is 31.2 Å². The van der Waals surface area contributed by atoms with Crippen LogP contribution in [0.2, 0.25) is 0 Å². The highest BCUT2D eigenvalue weighted by atomic mass is 16.9. The molecule has 0 radical (unpaired) electrons. The second kappa shape index (κ2) is 12.9. The number of carbonyl (C=O) groups excluding carboxylic acids is 4. The number of cyclic esters (lactones) is 2. The van der Waals surface area contributed by atoms with E-state index in [4.69, 9.17) is 0 Å². The van der Waals surface area contributed by atoms with Crippen LogP contribution in [0.25, 0.3) is 0 Å². The van der Waals surface area contributed by atoms with Gasteiger partial charge in [0.2, 0.25) is 0 Å². The van der Waals surface area contributed by atoms with E-state index in [0.29, 0.717) is 0 Å². The van der Waals surface area contributed by atoms with Gasteiger partial charge in [-0.25, -0.2) is 19.2 Å². The van der Waals surface area contributed by atoms with Crippen LogP contribution in [0.1, 0.15) is 41.5 Å². The quantitative estimate of drug-likeness (QED) is 0.563. The van der Waals surface area contributed by atoms with Gasteiger partial charge in [0.15, 0.2) is 0 Å². The summed E-state index contributed by atoms with van der Waals surface area (Å²) in [6.45, 7) is 10.8. The van der Waals surface area contributed by atoms with Gasteiger partial charge in [-0.2, -0.15) is 0 Å². The molecule has 0 unspecified atom stereocenters. The highest BCUT2D eigenvalue weighted by Gasteiger charge is 2.38. The standard InChI is InChI=1S/C12H12O8.2C2H6/c1-3-17-8(13)4-5-9(14)18-12(2)19-10(15)6-7-11(16)20-12;2*1-2/h4-7H,3H2,1-2H3;2*1-2H3/b5-4-;;. The first kappa shape index (κ1) is 23.6. The summed E-state index contributed by atoms with van der Waals surface area (Å²) < 4.78 is 18.5. The molecule has 24 heavy (non-hydrogen) atoms. The van der Waals surface area contributed by atoms with Gasteiger partial charge in [-0.05, 0) is 6.92 Å². The van der Waals surface area contributed by atoms with Crippen LogP contribution in [0.15, 0.2) is 24.3 Å². The summed E-state index contributed by atoms with van der Waals surface area (Å²) in [5.74, 6) is -5.83. The summed E-state index contributed by atoms with van der Waals surface area (Å²) >= 11 is 0. The van der Waals surface area contributed by atoms with Gasteiger partial charge in [-0.15, -0.1) is 0 Å². The van der Waals surface area contributed by atoms with Gasteiger partial charge in [0, 0.05) is 24.3 Å². The Morgan fingerprint density at radius 3 is 1.83 bits per heavy atom. The first-order valence-electron chi connectivity index (χ1n) is 7.56. The Morgan fingerprint density at radius 2 is 1.42 bits per heavy atom. The number of ether oxygens (including phenoxy) is 4. The monoisotopic (exact) mass is 344 g/mol. The maximum Gasteiger partial charge on any atom is 0.421 e. The van der Waals surface area contributed by atoms with Crippen molar-refractivity contribution in [2.75, 3.05) is 6.61 Å². The van der Waals surface area contributed by atoms with Crippen molar-refractivity contribution in [3.8, 4) is 0 Å². The Kier molecular flexibility index (Phi) is 12.7. The fourth-order valence-electron chi connectivity index (χ4n) is 1.18. The predicted octanol–water partition coefficient (Wildman–Crippen LogP) is 2.03. The van der Waals surface area contributed by atoms with Crippen molar-refractivity contribution < 1.29 is 38.1 Å². The molecule has 1 aliphatic rings. The summed E-state index contributed by atoms with van der Waals surface area (Å²) in [4.78, 5) is 44.7. The van der Waals surface area contributed by atoms with Crippen LogP contribution in [0.3, 0.4) is 0 Å². The first-order valence-corrected chi connectivity index (χ1v) is 7.56. The first-order chi connectivity index (χ1) is 11.3. The largest absolute Gasteiger partial charge is 0.463 e. The Morgan fingerprint density at radius 1 is 1.00 bits per heavy atom. The Hall–Kier alpha value is -2.64. The lowest BCUT2D eigenvalue weighted by Gasteiger charge is -2.24. The van der Waals surface area contributed by atoms with E-state index in [1.54, 1.807) is 6.92 Å². The molecule has 0 saturated heterocycles. The van der Waals surface area contributed by atoms with Crippen molar-refractivity contribution in [3.05, 3.63) is 24.3 Å². The van der Waals surface area contributed by atoms with Crippen molar-refractivity contribution in [1.29, 1.82) is 0 Å². The van der Waals surface area contributed by atoms with E-state index in [9.17, 15) is 19.2 Å². The zero-order valence-corrected chi connectivity index (χ0v) is 14.8. The molecule has 136 valence electrons. The zero-order valence-electron chi connectivity index (χ0n) is 14.8. The molecule has 0 aliphatic carbocycles. The fourth-order valence-corrected chi connectivity index (χ4v) is 1.18. The van der Waals surface area contributed by atoms with Crippen LogP contribution in [0, 0.1) is 0 Å². The summed E-state index contributed by atoms with van der Waals surface area (Å²) in [6.07, 6.45) is 3.24. The van der Waals surface area contributed by atoms with Gasteiger partial charge in [0.25, 0.3) is 0 Å². The van der Waals surface area contributed by atoms with E-state index in [2.05, 4.69) is 18.9 Å². The SMILES string of the molecule is CC.CC.CCOC(=O)/C=C\C(=O)OC1(C)OC(=O)C=CC(=O)O1. The molecule has 0 saturated carbocycles. The van der Waals surface area contributed by atoms with Crippen LogP contribution >= 0.6 is 0 Å². The number of hydrogen-bond acceptors (Lipinski definition) is 8. The lowest BCUT2D eigenvalue weighted by molar-refractivity contribution is -0.313. The van der Waals surface area contributed by atoms with Gasteiger partial charge in [-0.1, -0.05) is 27.7 Å². The van der Waals surface area contributed by atoms with Crippen LogP contribution < -0.4 is 0 Å². The van der Waals surface area contributed by atoms with Crippen LogP contribution in [-0.4, -0.2) is 36.5 Å². The van der Waals surface area contributed by atoms with E-state index in [1.165, 1.54) is 0 Å². The molecule has 8 nitrogen and oxygen atoms in total. The maximum absolute atomic E-state index is 11.4.